The van der Waals surface area contributed by atoms with Gasteiger partial charge in [-0.25, -0.2) is 4.79 Å². The van der Waals surface area contributed by atoms with Crippen LogP contribution in [-0.2, 0) is 14.3 Å². The standard InChI is InChI=1S/C19H29NO4/c1-3-4-5-9-12-14-16(22)20-19(17(23)24-18(14,19)2)15(21)13-10-7-6-8-11-13/h7,10,13-15,21H,3-6,8-9,11-12H2,1-2H3,(H,20,22)/t13?,14-,15-,18+,19-/m0/s1. The summed E-state index contributed by atoms with van der Waals surface area (Å²) in [7, 11) is 0. The van der Waals surface area contributed by atoms with Crippen LogP contribution in [0.5, 0.6) is 0 Å². The Morgan fingerprint density at radius 1 is 1.38 bits per heavy atom. The largest absolute Gasteiger partial charge is 0.453 e. The average Bonchev–Trinajstić information content (AvgIpc) is 2.76. The lowest BCUT2D eigenvalue weighted by molar-refractivity contribution is -0.238. The highest BCUT2D eigenvalue weighted by Gasteiger charge is 2.79. The van der Waals surface area contributed by atoms with Crippen LogP contribution in [0.1, 0.15) is 65.2 Å². The van der Waals surface area contributed by atoms with Gasteiger partial charge in [-0.05, 0) is 32.6 Å². The Kier molecular flexibility index (Phi) is 4.73. The highest BCUT2D eigenvalue weighted by molar-refractivity contribution is 6.01. The summed E-state index contributed by atoms with van der Waals surface area (Å²) in [5.41, 5.74) is -2.20. The quantitative estimate of drug-likeness (QED) is 0.426. The molecule has 5 nitrogen and oxygen atoms in total. The van der Waals surface area contributed by atoms with Gasteiger partial charge in [0.05, 0.1) is 12.0 Å². The van der Waals surface area contributed by atoms with Crippen molar-refractivity contribution in [3.63, 3.8) is 0 Å². The van der Waals surface area contributed by atoms with Crippen LogP contribution in [0.3, 0.4) is 0 Å². The second-order valence-electron chi connectivity index (χ2n) is 7.66. The van der Waals surface area contributed by atoms with Crippen molar-refractivity contribution in [2.75, 3.05) is 0 Å². The molecule has 3 rings (SSSR count). The van der Waals surface area contributed by atoms with Crippen molar-refractivity contribution in [3.05, 3.63) is 12.2 Å². The van der Waals surface area contributed by atoms with Gasteiger partial charge in [0.25, 0.3) is 0 Å². The Hall–Kier alpha value is -1.36. The minimum atomic E-state index is -1.27. The van der Waals surface area contributed by atoms with Crippen LogP contribution >= 0.6 is 0 Å². The number of aliphatic hydroxyl groups is 1. The number of fused-ring (bicyclic) bond motifs is 1. The molecule has 3 aliphatic rings. The third-order valence-corrected chi connectivity index (χ3v) is 6.20. The smallest absolute Gasteiger partial charge is 0.339 e. The van der Waals surface area contributed by atoms with Gasteiger partial charge < -0.3 is 15.2 Å². The molecule has 0 aromatic heterocycles. The van der Waals surface area contributed by atoms with E-state index in [2.05, 4.69) is 12.2 Å². The van der Waals surface area contributed by atoms with Crippen LogP contribution in [0.15, 0.2) is 12.2 Å². The van der Waals surface area contributed by atoms with Gasteiger partial charge in [0.1, 0.15) is 0 Å². The average molecular weight is 335 g/mol. The molecule has 5 atom stereocenters. The van der Waals surface area contributed by atoms with E-state index in [9.17, 15) is 14.7 Å². The van der Waals surface area contributed by atoms with Crippen LogP contribution in [-0.4, -0.2) is 34.2 Å². The van der Waals surface area contributed by atoms with Gasteiger partial charge in [-0.3, -0.25) is 4.79 Å². The first-order valence-electron chi connectivity index (χ1n) is 9.37. The van der Waals surface area contributed by atoms with Gasteiger partial charge in [0, 0.05) is 5.92 Å². The molecule has 0 bridgehead atoms. The molecule has 24 heavy (non-hydrogen) atoms. The van der Waals surface area contributed by atoms with Gasteiger partial charge in [-0.2, -0.15) is 0 Å². The van der Waals surface area contributed by atoms with Crippen molar-refractivity contribution in [2.45, 2.75) is 82.5 Å². The third-order valence-electron chi connectivity index (χ3n) is 6.20. The van der Waals surface area contributed by atoms with Crippen LogP contribution in [0.2, 0.25) is 0 Å². The number of carbonyl (C=O) groups excluding carboxylic acids is 2. The number of rotatable bonds is 7. The fourth-order valence-electron chi connectivity index (χ4n) is 4.66. The Morgan fingerprint density at radius 2 is 2.17 bits per heavy atom. The maximum Gasteiger partial charge on any atom is 0.339 e. The van der Waals surface area contributed by atoms with Crippen LogP contribution < -0.4 is 5.32 Å². The van der Waals surface area contributed by atoms with Gasteiger partial charge >= 0.3 is 5.97 Å². The highest BCUT2D eigenvalue weighted by atomic mass is 16.6. The van der Waals surface area contributed by atoms with Crippen molar-refractivity contribution in [1.82, 2.24) is 5.32 Å². The van der Waals surface area contributed by atoms with Crippen molar-refractivity contribution in [3.8, 4) is 0 Å². The molecule has 2 heterocycles. The van der Waals surface area contributed by atoms with Gasteiger partial charge in [0.2, 0.25) is 11.4 Å². The topological polar surface area (TPSA) is 75.6 Å². The first-order chi connectivity index (χ1) is 11.5. The van der Waals surface area contributed by atoms with Crippen LogP contribution in [0, 0.1) is 11.8 Å². The summed E-state index contributed by atoms with van der Waals surface area (Å²) in [4.78, 5) is 24.9. The molecule has 0 spiro atoms. The van der Waals surface area contributed by atoms with Gasteiger partial charge in [0.15, 0.2) is 5.60 Å². The molecule has 0 saturated carbocycles. The molecular weight excluding hydrogens is 306 g/mol. The molecular formula is C19H29NO4. The van der Waals surface area contributed by atoms with E-state index in [4.69, 9.17) is 4.74 Å². The first-order valence-corrected chi connectivity index (χ1v) is 9.37. The number of nitrogens with one attached hydrogen (secondary N) is 1. The van der Waals surface area contributed by atoms with E-state index in [0.29, 0.717) is 6.42 Å². The summed E-state index contributed by atoms with van der Waals surface area (Å²) >= 11 is 0. The lowest BCUT2D eigenvalue weighted by Gasteiger charge is -2.54. The second kappa shape index (κ2) is 6.51. The van der Waals surface area contributed by atoms with E-state index in [1.807, 2.05) is 19.1 Å². The molecule has 1 aliphatic carbocycles. The number of esters is 1. The number of hydrogen-bond donors (Lipinski definition) is 2. The lowest BCUT2D eigenvalue weighted by Crippen LogP contribution is -2.80. The number of ether oxygens (including phenoxy) is 1. The SMILES string of the molecule is CCCCCC[C@H]1C(=O)N[C@@]2([C@@H](O)C3C=CCCC3)C(=O)O[C@]12C. The van der Waals surface area contributed by atoms with E-state index in [0.717, 1.165) is 44.9 Å². The van der Waals surface area contributed by atoms with Gasteiger partial charge in [-0.1, -0.05) is 44.8 Å². The monoisotopic (exact) mass is 335 g/mol. The molecule has 1 unspecified atom stereocenters. The van der Waals surface area contributed by atoms with Crippen LogP contribution in [0.4, 0.5) is 0 Å². The molecule has 0 aromatic carbocycles. The fraction of sp³-hybridized carbons (Fsp3) is 0.789. The molecule has 5 heteroatoms. The Labute approximate surface area is 143 Å². The zero-order chi connectivity index (χ0) is 17.4. The molecule has 2 aliphatic heterocycles. The first kappa shape index (κ1) is 17.5. The molecule has 1 amide bonds. The van der Waals surface area contributed by atoms with E-state index in [1.165, 1.54) is 0 Å². The number of unbranched alkanes of at least 4 members (excludes halogenated alkanes) is 3. The van der Waals surface area contributed by atoms with E-state index in [-0.39, 0.29) is 17.7 Å². The van der Waals surface area contributed by atoms with Crippen LogP contribution in [0.25, 0.3) is 0 Å². The minimum absolute atomic E-state index is 0.106. The number of hydrogen-bond acceptors (Lipinski definition) is 4. The normalized spacial score (nSPS) is 39.0. The van der Waals surface area contributed by atoms with E-state index < -0.39 is 23.2 Å². The Morgan fingerprint density at radius 3 is 2.79 bits per heavy atom. The lowest BCUT2D eigenvalue weighted by atomic mass is 9.64. The minimum Gasteiger partial charge on any atom is -0.453 e. The Balaban J connectivity index is 1.79. The molecule has 2 N–H and O–H groups in total. The summed E-state index contributed by atoms with van der Waals surface area (Å²) in [5, 5.41) is 13.8. The summed E-state index contributed by atoms with van der Waals surface area (Å²) in [5.74, 6) is -1.11. The predicted octanol–water partition coefficient (Wildman–Crippen LogP) is 2.47. The molecule has 2 saturated heterocycles. The van der Waals surface area contributed by atoms with Crippen molar-refractivity contribution < 1.29 is 19.4 Å². The zero-order valence-corrected chi connectivity index (χ0v) is 14.7. The maximum atomic E-state index is 12.6. The van der Waals surface area contributed by atoms with Gasteiger partial charge in [-0.15, -0.1) is 0 Å². The number of aliphatic hydroxyl groups excluding tert-OH is 1. The summed E-state index contributed by atoms with van der Waals surface area (Å²) in [6, 6.07) is 0. The molecule has 2 fully saturated rings. The van der Waals surface area contributed by atoms with E-state index >= 15 is 0 Å². The third kappa shape index (κ3) is 2.40. The summed E-state index contributed by atoms with van der Waals surface area (Å²) in [6.07, 6.45) is 10.9. The summed E-state index contributed by atoms with van der Waals surface area (Å²) in [6.45, 7) is 3.96. The predicted molar refractivity (Wildman–Crippen MR) is 90.1 cm³/mol. The van der Waals surface area contributed by atoms with Crippen molar-refractivity contribution >= 4 is 11.9 Å². The maximum absolute atomic E-state index is 12.6. The molecule has 134 valence electrons. The fourth-order valence-corrected chi connectivity index (χ4v) is 4.66. The number of carbonyl (C=O) groups is 2. The zero-order valence-electron chi connectivity index (χ0n) is 14.7. The summed E-state index contributed by atoms with van der Waals surface area (Å²) < 4.78 is 5.50. The van der Waals surface area contributed by atoms with E-state index in [1.54, 1.807) is 0 Å². The number of allylic oxidation sites excluding steroid dienone is 1. The van der Waals surface area contributed by atoms with Crippen molar-refractivity contribution in [2.24, 2.45) is 11.8 Å². The molecule has 0 aromatic rings. The highest BCUT2D eigenvalue weighted by Crippen LogP contribution is 2.53. The Bertz CT molecular complexity index is 545. The second-order valence-corrected chi connectivity index (χ2v) is 7.66. The number of amides is 1. The molecule has 0 radical (unpaired) electrons. The van der Waals surface area contributed by atoms with Crippen molar-refractivity contribution in [1.29, 1.82) is 0 Å².